The largest absolute Gasteiger partial charge is 0.273 e. The first-order valence-corrected chi connectivity index (χ1v) is 4.76. The van der Waals surface area contributed by atoms with E-state index in [1.165, 1.54) is 16.9 Å². The highest BCUT2D eigenvalue weighted by Gasteiger charge is 2.30. The molecule has 0 spiro atoms. The van der Waals surface area contributed by atoms with Crippen LogP contribution in [0.4, 0.5) is 5.69 Å². The average Bonchev–Trinajstić information content (AvgIpc) is 2.52. The van der Waals surface area contributed by atoms with Crippen LogP contribution >= 0.6 is 0 Å². The third-order valence-electron chi connectivity index (χ3n) is 2.55. The summed E-state index contributed by atoms with van der Waals surface area (Å²) in [6, 6.07) is 7.50. The van der Waals surface area contributed by atoms with Gasteiger partial charge in [0.2, 0.25) is 11.8 Å². The number of carbonyl (C=O) groups is 2. The fraction of sp³-hybridized carbons (Fsp3) is 0.273. The highest BCUT2D eigenvalue weighted by Crippen LogP contribution is 2.29. The molecule has 0 N–H and O–H groups in total. The molecule has 0 saturated carbocycles. The van der Waals surface area contributed by atoms with Gasteiger partial charge in [0.05, 0.1) is 12.1 Å². The van der Waals surface area contributed by atoms with Crippen LogP contribution in [0.5, 0.6) is 0 Å². The number of para-hydroxylation sites is 1. The molecule has 2 rings (SSSR count). The van der Waals surface area contributed by atoms with Crippen LogP contribution < -0.4 is 5.01 Å². The topological polar surface area (TPSA) is 40.6 Å². The first kappa shape index (κ1) is 9.71. The molecule has 1 aliphatic heterocycles. The van der Waals surface area contributed by atoms with Gasteiger partial charge >= 0.3 is 0 Å². The summed E-state index contributed by atoms with van der Waals surface area (Å²) in [7, 11) is 1.60. The predicted octanol–water partition coefficient (Wildman–Crippen LogP) is 0.969. The standard InChI is InChI=1S/C11H12N2O2/c1-8(14)12(2)13-10-6-4-3-5-9(10)7-11(13)15/h3-6H,7H2,1-2H3. The van der Waals surface area contributed by atoms with Crippen molar-refractivity contribution in [3.05, 3.63) is 29.8 Å². The summed E-state index contributed by atoms with van der Waals surface area (Å²) >= 11 is 0. The Labute approximate surface area is 88.1 Å². The van der Waals surface area contributed by atoms with Crippen molar-refractivity contribution in [1.82, 2.24) is 5.01 Å². The summed E-state index contributed by atoms with van der Waals surface area (Å²) in [5.74, 6) is -0.214. The predicted molar refractivity (Wildman–Crippen MR) is 56.1 cm³/mol. The Morgan fingerprint density at radius 2 is 2.07 bits per heavy atom. The molecule has 4 nitrogen and oxygen atoms in total. The Morgan fingerprint density at radius 1 is 1.40 bits per heavy atom. The van der Waals surface area contributed by atoms with Gasteiger partial charge in [0, 0.05) is 14.0 Å². The smallest absolute Gasteiger partial charge is 0.250 e. The summed E-state index contributed by atoms with van der Waals surface area (Å²) in [6.45, 7) is 1.44. The lowest BCUT2D eigenvalue weighted by atomic mass is 10.2. The SMILES string of the molecule is CC(=O)N(C)N1C(=O)Cc2ccccc21. The van der Waals surface area contributed by atoms with E-state index in [-0.39, 0.29) is 11.8 Å². The zero-order valence-corrected chi connectivity index (χ0v) is 8.73. The molecule has 1 aromatic rings. The molecule has 1 aromatic carbocycles. The Kier molecular flexibility index (Phi) is 2.19. The van der Waals surface area contributed by atoms with E-state index in [2.05, 4.69) is 0 Å². The van der Waals surface area contributed by atoms with Gasteiger partial charge in [-0.15, -0.1) is 0 Å². The van der Waals surface area contributed by atoms with Crippen LogP contribution in [0.2, 0.25) is 0 Å². The summed E-state index contributed by atoms with van der Waals surface area (Å²) in [5.41, 5.74) is 1.77. The van der Waals surface area contributed by atoms with Crippen LogP contribution in [0.15, 0.2) is 24.3 Å². The highest BCUT2D eigenvalue weighted by molar-refractivity contribution is 6.02. The van der Waals surface area contributed by atoms with E-state index in [9.17, 15) is 9.59 Å². The average molecular weight is 204 g/mol. The maximum Gasteiger partial charge on any atom is 0.250 e. The molecule has 0 saturated heterocycles. The molecule has 0 atom stereocenters. The number of nitrogens with zero attached hydrogens (tertiary/aromatic N) is 2. The zero-order chi connectivity index (χ0) is 11.0. The van der Waals surface area contributed by atoms with E-state index < -0.39 is 0 Å². The minimum Gasteiger partial charge on any atom is -0.273 e. The van der Waals surface area contributed by atoms with Crippen LogP contribution in [0.1, 0.15) is 12.5 Å². The summed E-state index contributed by atoms with van der Waals surface area (Å²) < 4.78 is 0. The molecular weight excluding hydrogens is 192 g/mol. The van der Waals surface area contributed by atoms with E-state index >= 15 is 0 Å². The minimum atomic E-state index is -0.153. The van der Waals surface area contributed by atoms with Gasteiger partial charge in [-0.05, 0) is 11.6 Å². The molecule has 1 heterocycles. The van der Waals surface area contributed by atoms with Gasteiger partial charge < -0.3 is 0 Å². The van der Waals surface area contributed by atoms with Gasteiger partial charge in [-0.3, -0.25) is 14.6 Å². The van der Waals surface area contributed by atoms with E-state index in [0.717, 1.165) is 11.3 Å². The fourth-order valence-electron chi connectivity index (χ4n) is 1.71. The van der Waals surface area contributed by atoms with Gasteiger partial charge in [-0.25, -0.2) is 5.01 Å². The normalized spacial score (nSPS) is 14.0. The quantitative estimate of drug-likeness (QED) is 0.684. The Balaban J connectivity index is 2.42. The van der Waals surface area contributed by atoms with Crippen LogP contribution in [0, 0.1) is 0 Å². The van der Waals surface area contributed by atoms with Gasteiger partial charge in [-0.1, -0.05) is 18.2 Å². The van der Waals surface area contributed by atoms with Crippen molar-refractivity contribution in [2.75, 3.05) is 12.1 Å². The van der Waals surface area contributed by atoms with Crippen molar-refractivity contribution in [2.24, 2.45) is 0 Å². The Hall–Kier alpha value is -1.84. The Morgan fingerprint density at radius 3 is 2.73 bits per heavy atom. The van der Waals surface area contributed by atoms with Gasteiger partial charge in [-0.2, -0.15) is 0 Å². The second-order valence-electron chi connectivity index (χ2n) is 3.55. The minimum absolute atomic E-state index is 0.0612. The summed E-state index contributed by atoms with van der Waals surface area (Å²) in [4.78, 5) is 22.9. The number of anilines is 1. The molecule has 2 amide bonds. The van der Waals surface area contributed by atoms with Gasteiger partial charge in [0.15, 0.2) is 0 Å². The lowest BCUT2D eigenvalue weighted by Crippen LogP contribution is -2.44. The molecule has 0 radical (unpaired) electrons. The number of carbonyl (C=O) groups excluding carboxylic acids is 2. The summed E-state index contributed by atoms with van der Waals surface area (Å²) in [5, 5.41) is 2.77. The van der Waals surface area contributed by atoms with Crippen molar-refractivity contribution >= 4 is 17.5 Å². The molecule has 15 heavy (non-hydrogen) atoms. The first-order valence-electron chi connectivity index (χ1n) is 4.76. The number of rotatable bonds is 1. The maximum absolute atomic E-state index is 11.7. The molecular formula is C11H12N2O2. The monoisotopic (exact) mass is 204 g/mol. The lowest BCUT2D eigenvalue weighted by molar-refractivity contribution is -0.133. The third kappa shape index (κ3) is 1.48. The van der Waals surface area contributed by atoms with E-state index in [1.54, 1.807) is 7.05 Å². The van der Waals surface area contributed by atoms with Crippen LogP contribution in [-0.4, -0.2) is 23.9 Å². The van der Waals surface area contributed by atoms with Crippen molar-refractivity contribution in [2.45, 2.75) is 13.3 Å². The van der Waals surface area contributed by atoms with Crippen LogP contribution in [-0.2, 0) is 16.0 Å². The molecule has 0 bridgehead atoms. The second-order valence-corrected chi connectivity index (χ2v) is 3.55. The van der Waals surface area contributed by atoms with Crippen molar-refractivity contribution in [1.29, 1.82) is 0 Å². The van der Waals surface area contributed by atoms with Crippen molar-refractivity contribution in [3.8, 4) is 0 Å². The number of hydrogen-bond acceptors (Lipinski definition) is 2. The zero-order valence-electron chi connectivity index (χ0n) is 8.73. The molecule has 0 fully saturated rings. The van der Waals surface area contributed by atoms with Crippen molar-refractivity contribution in [3.63, 3.8) is 0 Å². The lowest BCUT2D eigenvalue weighted by Gasteiger charge is -2.27. The number of amides is 2. The molecule has 0 aliphatic carbocycles. The summed E-state index contributed by atoms with van der Waals surface area (Å²) in [6.07, 6.45) is 0.369. The van der Waals surface area contributed by atoms with E-state index in [1.807, 2.05) is 24.3 Å². The van der Waals surface area contributed by atoms with Crippen molar-refractivity contribution < 1.29 is 9.59 Å². The highest BCUT2D eigenvalue weighted by atomic mass is 16.2. The molecule has 4 heteroatoms. The first-order chi connectivity index (χ1) is 7.11. The number of hydrogen-bond donors (Lipinski definition) is 0. The van der Waals surface area contributed by atoms with E-state index in [0.29, 0.717) is 6.42 Å². The number of fused-ring (bicyclic) bond motifs is 1. The Bertz CT molecular complexity index is 428. The third-order valence-corrected chi connectivity index (χ3v) is 2.55. The van der Waals surface area contributed by atoms with Gasteiger partial charge in [0.1, 0.15) is 0 Å². The van der Waals surface area contributed by atoms with Gasteiger partial charge in [0.25, 0.3) is 0 Å². The second kappa shape index (κ2) is 3.38. The van der Waals surface area contributed by atoms with Crippen LogP contribution in [0.3, 0.4) is 0 Å². The van der Waals surface area contributed by atoms with Crippen LogP contribution in [0.25, 0.3) is 0 Å². The fourth-order valence-corrected chi connectivity index (χ4v) is 1.71. The molecule has 1 aliphatic rings. The molecule has 0 aromatic heterocycles. The molecule has 78 valence electrons. The molecule has 0 unspecified atom stereocenters. The number of hydrazine groups is 1. The van der Waals surface area contributed by atoms with E-state index in [4.69, 9.17) is 0 Å². The maximum atomic E-state index is 11.7. The number of benzene rings is 1.